The van der Waals surface area contributed by atoms with Crippen molar-refractivity contribution in [2.45, 2.75) is 32.3 Å². The molecule has 1 saturated carbocycles. The topological polar surface area (TPSA) is 64.3 Å². The van der Waals surface area contributed by atoms with Crippen LogP contribution in [0.15, 0.2) is 6.07 Å². The van der Waals surface area contributed by atoms with Crippen molar-refractivity contribution >= 4 is 11.6 Å². The third-order valence-electron chi connectivity index (χ3n) is 3.45. The first-order valence-corrected chi connectivity index (χ1v) is 6.52. The van der Waals surface area contributed by atoms with Crippen LogP contribution in [0.4, 0.5) is 11.6 Å². The van der Waals surface area contributed by atoms with Crippen molar-refractivity contribution in [1.82, 2.24) is 9.97 Å². The molecule has 1 fully saturated rings. The van der Waals surface area contributed by atoms with Gasteiger partial charge in [0.05, 0.1) is 0 Å². The van der Waals surface area contributed by atoms with Crippen LogP contribution in [0.2, 0.25) is 0 Å². The van der Waals surface area contributed by atoms with Gasteiger partial charge >= 0.3 is 0 Å². The van der Waals surface area contributed by atoms with Gasteiger partial charge in [0.15, 0.2) is 5.82 Å². The van der Waals surface area contributed by atoms with E-state index in [0.717, 1.165) is 18.3 Å². The third-order valence-corrected chi connectivity index (χ3v) is 3.45. The molecule has 5 nitrogen and oxygen atoms in total. The Morgan fingerprint density at radius 1 is 1.39 bits per heavy atom. The zero-order chi connectivity index (χ0) is 13.0. The first kappa shape index (κ1) is 13.1. The summed E-state index contributed by atoms with van der Waals surface area (Å²) in [4.78, 5) is 10.8. The van der Waals surface area contributed by atoms with E-state index in [9.17, 15) is 0 Å². The minimum atomic E-state index is 0.398. The van der Waals surface area contributed by atoms with Crippen LogP contribution < -0.4 is 10.6 Å². The maximum atomic E-state index is 5.80. The number of hydrogen-bond acceptors (Lipinski definition) is 5. The minimum absolute atomic E-state index is 0.398. The molecule has 1 aliphatic rings. The molecule has 100 valence electrons. The largest absolute Gasteiger partial charge is 0.384 e. The van der Waals surface area contributed by atoms with Crippen molar-refractivity contribution in [3.8, 4) is 0 Å². The lowest BCUT2D eigenvalue weighted by Crippen LogP contribution is -2.25. The molecule has 18 heavy (non-hydrogen) atoms. The minimum Gasteiger partial charge on any atom is -0.384 e. The smallest absolute Gasteiger partial charge is 0.158 e. The lowest BCUT2D eigenvalue weighted by Gasteiger charge is -2.22. The van der Waals surface area contributed by atoms with Gasteiger partial charge in [-0.15, -0.1) is 0 Å². The molecule has 0 spiro atoms. The van der Waals surface area contributed by atoms with Crippen LogP contribution >= 0.6 is 0 Å². The van der Waals surface area contributed by atoms with Crippen molar-refractivity contribution < 1.29 is 4.74 Å². The fourth-order valence-corrected chi connectivity index (χ4v) is 2.57. The second-order valence-corrected chi connectivity index (χ2v) is 5.03. The van der Waals surface area contributed by atoms with E-state index in [1.807, 2.05) is 6.07 Å². The summed E-state index contributed by atoms with van der Waals surface area (Å²) in [5.41, 5.74) is 5.80. The Labute approximate surface area is 108 Å². The Hall–Kier alpha value is -1.36. The van der Waals surface area contributed by atoms with Crippen molar-refractivity contribution in [2.24, 2.45) is 5.92 Å². The van der Waals surface area contributed by atoms with Gasteiger partial charge in [-0.05, 0) is 18.8 Å². The average Bonchev–Trinajstić information content (AvgIpc) is 2.81. The van der Waals surface area contributed by atoms with E-state index >= 15 is 0 Å². The van der Waals surface area contributed by atoms with Crippen molar-refractivity contribution in [1.29, 1.82) is 0 Å². The molecule has 1 aromatic rings. The highest BCUT2D eigenvalue weighted by Crippen LogP contribution is 2.26. The highest BCUT2D eigenvalue weighted by atomic mass is 16.5. The third kappa shape index (κ3) is 3.32. The number of nitrogen functional groups attached to an aromatic ring is 1. The van der Waals surface area contributed by atoms with E-state index in [0.29, 0.717) is 18.2 Å². The van der Waals surface area contributed by atoms with Crippen molar-refractivity contribution in [2.75, 3.05) is 31.3 Å². The maximum Gasteiger partial charge on any atom is 0.158 e. The molecule has 1 aliphatic carbocycles. The zero-order valence-corrected chi connectivity index (χ0v) is 11.2. The summed E-state index contributed by atoms with van der Waals surface area (Å²) in [6.45, 7) is 1.44. The molecule has 2 rings (SSSR count). The van der Waals surface area contributed by atoms with E-state index in [4.69, 9.17) is 10.5 Å². The lowest BCUT2D eigenvalue weighted by molar-refractivity contribution is 0.178. The fourth-order valence-electron chi connectivity index (χ4n) is 2.57. The van der Waals surface area contributed by atoms with E-state index in [2.05, 4.69) is 21.9 Å². The second-order valence-electron chi connectivity index (χ2n) is 5.03. The summed E-state index contributed by atoms with van der Waals surface area (Å²) >= 11 is 0. The van der Waals surface area contributed by atoms with Gasteiger partial charge < -0.3 is 15.4 Å². The van der Waals surface area contributed by atoms with Gasteiger partial charge in [-0.25, -0.2) is 9.97 Å². The number of methoxy groups -OCH3 is 1. The number of aromatic nitrogens is 2. The number of anilines is 2. The Morgan fingerprint density at radius 2 is 2.11 bits per heavy atom. The monoisotopic (exact) mass is 250 g/mol. The standard InChI is InChI=1S/C13H22N4O/c1-17(8-10-5-3-4-6-10)13-7-11(14)15-12(16-13)9-18-2/h7,10H,3-6,8-9H2,1-2H3,(H2,14,15,16). The molecule has 2 N–H and O–H groups in total. The molecule has 0 saturated heterocycles. The van der Waals surface area contributed by atoms with Gasteiger partial charge in [0.2, 0.25) is 0 Å². The predicted molar refractivity (Wildman–Crippen MR) is 72.4 cm³/mol. The molecular formula is C13H22N4O. The van der Waals surface area contributed by atoms with Crippen LogP contribution in [0.1, 0.15) is 31.5 Å². The van der Waals surface area contributed by atoms with Crippen molar-refractivity contribution in [3.05, 3.63) is 11.9 Å². The Kier molecular flexibility index (Phi) is 4.36. The van der Waals surface area contributed by atoms with Crippen LogP contribution in [0.3, 0.4) is 0 Å². The maximum absolute atomic E-state index is 5.80. The number of rotatable bonds is 5. The number of hydrogen-bond donors (Lipinski definition) is 1. The molecule has 0 aromatic carbocycles. The van der Waals surface area contributed by atoms with Crippen LogP contribution in [0, 0.1) is 5.92 Å². The summed E-state index contributed by atoms with van der Waals surface area (Å²) in [6, 6.07) is 1.83. The summed E-state index contributed by atoms with van der Waals surface area (Å²) in [7, 11) is 3.70. The number of ether oxygens (including phenoxy) is 1. The average molecular weight is 250 g/mol. The van der Waals surface area contributed by atoms with E-state index in [1.165, 1.54) is 25.7 Å². The van der Waals surface area contributed by atoms with Gasteiger partial charge in [-0.3, -0.25) is 0 Å². The molecule has 1 heterocycles. The first-order valence-electron chi connectivity index (χ1n) is 6.52. The first-order chi connectivity index (χ1) is 8.69. The van der Waals surface area contributed by atoms with Gasteiger partial charge in [0.1, 0.15) is 18.2 Å². The molecule has 0 unspecified atom stereocenters. The summed E-state index contributed by atoms with van der Waals surface area (Å²) in [6.07, 6.45) is 5.38. The van der Waals surface area contributed by atoms with Gasteiger partial charge in [-0.2, -0.15) is 0 Å². The molecule has 0 radical (unpaired) electrons. The van der Waals surface area contributed by atoms with E-state index in [1.54, 1.807) is 7.11 Å². The van der Waals surface area contributed by atoms with Crippen LogP contribution in [0.5, 0.6) is 0 Å². The zero-order valence-electron chi connectivity index (χ0n) is 11.2. The Morgan fingerprint density at radius 3 is 2.78 bits per heavy atom. The van der Waals surface area contributed by atoms with Gasteiger partial charge in [0.25, 0.3) is 0 Å². The molecular weight excluding hydrogens is 228 g/mol. The number of nitrogens with zero attached hydrogens (tertiary/aromatic N) is 3. The van der Waals surface area contributed by atoms with Gasteiger partial charge in [0, 0.05) is 26.8 Å². The highest BCUT2D eigenvalue weighted by Gasteiger charge is 2.18. The fraction of sp³-hybridized carbons (Fsp3) is 0.692. The SMILES string of the molecule is COCc1nc(N)cc(N(C)CC2CCCC2)n1. The van der Waals surface area contributed by atoms with Gasteiger partial charge in [-0.1, -0.05) is 12.8 Å². The summed E-state index contributed by atoms with van der Waals surface area (Å²) < 4.78 is 5.05. The Bertz CT molecular complexity index is 391. The molecule has 0 aliphatic heterocycles. The van der Waals surface area contributed by atoms with Crippen molar-refractivity contribution in [3.63, 3.8) is 0 Å². The van der Waals surface area contributed by atoms with E-state index < -0.39 is 0 Å². The predicted octanol–water partition coefficient (Wildman–Crippen LogP) is 1.83. The lowest BCUT2D eigenvalue weighted by atomic mass is 10.1. The molecule has 0 atom stereocenters. The highest BCUT2D eigenvalue weighted by molar-refractivity contribution is 5.46. The van der Waals surface area contributed by atoms with Crippen LogP contribution in [0.25, 0.3) is 0 Å². The van der Waals surface area contributed by atoms with Crippen LogP contribution in [-0.2, 0) is 11.3 Å². The molecule has 0 bridgehead atoms. The number of nitrogens with two attached hydrogens (primary N) is 1. The quantitative estimate of drug-likeness (QED) is 0.863. The normalized spacial score (nSPS) is 16.1. The molecule has 5 heteroatoms. The van der Waals surface area contributed by atoms with E-state index in [-0.39, 0.29) is 0 Å². The Balaban J connectivity index is 2.05. The summed E-state index contributed by atoms with van der Waals surface area (Å²) in [5, 5.41) is 0. The second kappa shape index (κ2) is 6.00. The summed E-state index contributed by atoms with van der Waals surface area (Å²) in [5.74, 6) is 2.83. The molecule has 0 amide bonds. The van der Waals surface area contributed by atoms with Crippen LogP contribution in [-0.4, -0.2) is 30.7 Å². The molecule has 1 aromatic heterocycles.